The minimum atomic E-state index is 0.0473. The Labute approximate surface area is 163 Å². The highest BCUT2D eigenvalue weighted by molar-refractivity contribution is 5.94. The third-order valence-corrected chi connectivity index (χ3v) is 5.12. The van der Waals surface area contributed by atoms with E-state index in [2.05, 4.69) is 40.0 Å². The molecule has 8 nitrogen and oxygen atoms in total. The van der Waals surface area contributed by atoms with Gasteiger partial charge in [0, 0.05) is 43.5 Å². The van der Waals surface area contributed by atoms with Gasteiger partial charge in [0.05, 0.1) is 7.11 Å². The van der Waals surface area contributed by atoms with Crippen LogP contribution in [0.3, 0.4) is 0 Å². The zero-order valence-corrected chi connectivity index (χ0v) is 16.4. The van der Waals surface area contributed by atoms with Crippen LogP contribution in [0, 0.1) is 0 Å². The van der Waals surface area contributed by atoms with Gasteiger partial charge in [0.15, 0.2) is 0 Å². The Morgan fingerprint density at radius 3 is 2.46 bits per heavy atom. The first-order chi connectivity index (χ1) is 13.6. The van der Waals surface area contributed by atoms with Crippen molar-refractivity contribution in [1.82, 2.24) is 24.5 Å². The molecular formula is C20H24N6O2. The number of rotatable bonds is 4. The van der Waals surface area contributed by atoms with Crippen LogP contribution in [-0.2, 0) is 0 Å². The number of carbonyl (C=O) groups is 1. The molecular weight excluding hydrogens is 356 g/mol. The number of benzene rings is 1. The summed E-state index contributed by atoms with van der Waals surface area (Å²) in [6.45, 7) is 7.06. The zero-order valence-electron chi connectivity index (χ0n) is 16.4. The molecule has 1 aliphatic rings. The van der Waals surface area contributed by atoms with Crippen molar-refractivity contribution in [3.05, 3.63) is 47.9 Å². The quantitative estimate of drug-likeness (QED) is 0.691. The summed E-state index contributed by atoms with van der Waals surface area (Å²) in [4.78, 5) is 21.5. The van der Waals surface area contributed by atoms with Crippen LogP contribution in [0.4, 0.5) is 5.82 Å². The van der Waals surface area contributed by atoms with Crippen LogP contribution < -0.4 is 9.64 Å². The fraction of sp³-hybridized carbons (Fsp3) is 0.400. The molecule has 1 aliphatic heterocycles. The van der Waals surface area contributed by atoms with E-state index < -0.39 is 0 Å². The van der Waals surface area contributed by atoms with Crippen LogP contribution in [0.5, 0.6) is 5.75 Å². The summed E-state index contributed by atoms with van der Waals surface area (Å²) >= 11 is 0. The molecule has 0 bridgehead atoms. The van der Waals surface area contributed by atoms with Gasteiger partial charge in [-0.25, -0.2) is 0 Å². The summed E-state index contributed by atoms with van der Waals surface area (Å²) < 4.78 is 7.09. The molecule has 0 spiro atoms. The first-order valence-electron chi connectivity index (χ1n) is 9.46. The molecule has 1 fully saturated rings. The number of hydrogen-bond donors (Lipinski definition) is 0. The number of fused-ring (bicyclic) bond motifs is 1. The Morgan fingerprint density at radius 2 is 1.82 bits per heavy atom. The lowest BCUT2D eigenvalue weighted by Crippen LogP contribution is -2.49. The van der Waals surface area contributed by atoms with Crippen LogP contribution in [0.2, 0.25) is 0 Å². The standard InChI is InChI=1S/C20H24N6O2/c1-14(2)17-12-18(22-20-23-21-13-26(17)20)24-8-10-25(11-9-24)19(27)15-4-6-16(28-3)7-5-15/h4-7,12-14H,8-11H2,1-3H3. The van der Waals surface area contributed by atoms with E-state index in [0.717, 1.165) is 30.4 Å². The van der Waals surface area contributed by atoms with Crippen LogP contribution in [0.15, 0.2) is 36.7 Å². The first-order valence-corrected chi connectivity index (χ1v) is 9.46. The van der Waals surface area contributed by atoms with Gasteiger partial charge in [-0.1, -0.05) is 13.8 Å². The molecule has 3 aromatic rings. The van der Waals surface area contributed by atoms with E-state index in [1.165, 1.54) is 0 Å². The van der Waals surface area contributed by atoms with Gasteiger partial charge in [0.25, 0.3) is 11.7 Å². The number of nitrogens with zero attached hydrogens (tertiary/aromatic N) is 6. The molecule has 0 saturated carbocycles. The summed E-state index contributed by atoms with van der Waals surface area (Å²) in [5.41, 5.74) is 1.81. The van der Waals surface area contributed by atoms with E-state index in [1.54, 1.807) is 13.4 Å². The van der Waals surface area contributed by atoms with Crippen molar-refractivity contribution in [3.63, 3.8) is 0 Å². The van der Waals surface area contributed by atoms with E-state index in [4.69, 9.17) is 4.74 Å². The van der Waals surface area contributed by atoms with Crippen LogP contribution in [0.1, 0.15) is 35.8 Å². The molecule has 2 aromatic heterocycles. The highest BCUT2D eigenvalue weighted by Gasteiger charge is 2.24. The van der Waals surface area contributed by atoms with Gasteiger partial charge in [-0.05, 0) is 30.2 Å². The monoisotopic (exact) mass is 380 g/mol. The molecule has 1 aromatic carbocycles. The molecule has 0 unspecified atom stereocenters. The van der Waals surface area contributed by atoms with E-state index in [-0.39, 0.29) is 5.91 Å². The lowest BCUT2D eigenvalue weighted by Gasteiger charge is -2.35. The topological polar surface area (TPSA) is 75.9 Å². The van der Waals surface area contributed by atoms with Gasteiger partial charge < -0.3 is 14.5 Å². The predicted octanol–water partition coefficient (Wildman–Crippen LogP) is 2.22. The Balaban J connectivity index is 1.48. The Morgan fingerprint density at radius 1 is 1.11 bits per heavy atom. The molecule has 8 heteroatoms. The number of amides is 1. The van der Waals surface area contributed by atoms with Crippen molar-refractivity contribution in [2.24, 2.45) is 0 Å². The summed E-state index contributed by atoms with van der Waals surface area (Å²) in [5.74, 6) is 2.63. The average Bonchev–Trinajstić information content (AvgIpc) is 3.21. The molecule has 28 heavy (non-hydrogen) atoms. The Bertz CT molecular complexity index is 974. The zero-order chi connectivity index (χ0) is 19.7. The normalized spacial score (nSPS) is 14.7. The summed E-state index contributed by atoms with van der Waals surface area (Å²) in [6, 6.07) is 9.34. The molecule has 0 aliphatic carbocycles. The van der Waals surface area contributed by atoms with Crippen LogP contribution in [0.25, 0.3) is 5.78 Å². The SMILES string of the molecule is COc1ccc(C(=O)N2CCN(c3cc(C(C)C)n4cnnc4n3)CC2)cc1. The molecule has 3 heterocycles. The largest absolute Gasteiger partial charge is 0.497 e. The highest BCUT2D eigenvalue weighted by atomic mass is 16.5. The highest BCUT2D eigenvalue weighted by Crippen LogP contribution is 2.22. The maximum Gasteiger partial charge on any atom is 0.256 e. The number of ether oxygens (including phenoxy) is 1. The summed E-state index contributed by atoms with van der Waals surface area (Å²) in [7, 11) is 1.62. The number of carbonyl (C=O) groups excluding carboxylic acids is 1. The number of hydrogen-bond acceptors (Lipinski definition) is 6. The third kappa shape index (κ3) is 3.37. The van der Waals surface area contributed by atoms with E-state index in [1.807, 2.05) is 33.6 Å². The first kappa shape index (κ1) is 18.2. The number of anilines is 1. The van der Waals surface area contributed by atoms with Crippen molar-refractivity contribution in [3.8, 4) is 5.75 Å². The Hall–Kier alpha value is -3.16. The van der Waals surface area contributed by atoms with E-state index in [0.29, 0.717) is 30.3 Å². The van der Waals surface area contributed by atoms with E-state index in [9.17, 15) is 4.79 Å². The van der Waals surface area contributed by atoms with E-state index >= 15 is 0 Å². The lowest BCUT2D eigenvalue weighted by molar-refractivity contribution is 0.0746. The Kier molecular flexibility index (Phi) is 4.85. The van der Waals surface area contributed by atoms with Crippen LogP contribution in [-0.4, -0.2) is 63.7 Å². The summed E-state index contributed by atoms with van der Waals surface area (Å²) in [5, 5.41) is 8.10. The van der Waals surface area contributed by atoms with Crippen molar-refractivity contribution in [1.29, 1.82) is 0 Å². The number of aromatic nitrogens is 4. The predicted molar refractivity (Wildman–Crippen MR) is 106 cm³/mol. The van der Waals surface area contributed by atoms with Gasteiger partial charge in [-0.15, -0.1) is 10.2 Å². The molecule has 1 amide bonds. The average molecular weight is 380 g/mol. The second-order valence-electron chi connectivity index (χ2n) is 7.20. The minimum absolute atomic E-state index is 0.0473. The molecule has 4 rings (SSSR count). The van der Waals surface area contributed by atoms with Crippen molar-refractivity contribution in [2.45, 2.75) is 19.8 Å². The number of piperazine rings is 1. The van der Waals surface area contributed by atoms with Crippen LogP contribution >= 0.6 is 0 Å². The fourth-order valence-corrected chi connectivity index (χ4v) is 3.49. The maximum absolute atomic E-state index is 12.8. The van der Waals surface area contributed by atoms with Gasteiger partial charge in [0.1, 0.15) is 17.9 Å². The fourth-order valence-electron chi connectivity index (χ4n) is 3.49. The lowest BCUT2D eigenvalue weighted by atomic mass is 10.1. The van der Waals surface area contributed by atoms with Gasteiger partial charge in [-0.2, -0.15) is 4.98 Å². The van der Waals surface area contributed by atoms with Crippen molar-refractivity contribution >= 4 is 17.5 Å². The van der Waals surface area contributed by atoms with Gasteiger partial charge >= 0.3 is 0 Å². The smallest absolute Gasteiger partial charge is 0.256 e. The maximum atomic E-state index is 12.8. The molecule has 0 radical (unpaired) electrons. The molecule has 0 atom stereocenters. The van der Waals surface area contributed by atoms with Gasteiger partial charge in [-0.3, -0.25) is 9.20 Å². The van der Waals surface area contributed by atoms with Crippen molar-refractivity contribution < 1.29 is 9.53 Å². The summed E-state index contributed by atoms with van der Waals surface area (Å²) in [6.07, 6.45) is 1.70. The second-order valence-corrected chi connectivity index (χ2v) is 7.20. The van der Waals surface area contributed by atoms with Gasteiger partial charge in [0.2, 0.25) is 0 Å². The minimum Gasteiger partial charge on any atom is -0.497 e. The molecule has 146 valence electrons. The molecule has 0 N–H and O–H groups in total. The van der Waals surface area contributed by atoms with Crippen molar-refractivity contribution in [2.75, 3.05) is 38.2 Å². The number of methoxy groups -OCH3 is 1. The molecule has 1 saturated heterocycles. The second kappa shape index (κ2) is 7.46. The third-order valence-electron chi connectivity index (χ3n) is 5.12.